The summed E-state index contributed by atoms with van der Waals surface area (Å²) in [7, 11) is 0. The van der Waals surface area contributed by atoms with E-state index >= 15 is 0 Å². The second-order valence-electron chi connectivity index (χ2n) is 5.21. The molecule has 2 aromatic carbocycles. The lowest BCUT2D eigenvalue weighted by Gasteiger charge is -2.09. The Bertz CT molecular complexity index is 840. The van der Waals surface area contributed by atoms with Crippen LogP contribution >= 0.6 is 0 Å². The maximum absolute atomic E-state index is 9.13. The van der Waals surface area contributed by atoms with Crippen molar-refractivity contribution in [3.63, 3.8) is 0 Å². The largest absolute Gasteiger partial charge is 0.370 e. The van der Waals surface area contributed by atoms with Gasteiger partial charge in [0, 0.05) is 12.7 Å². The molecule has 0 aliphatic rings. The summed E-state index contributed by atoms with van der Waals surface area (Å²) in [5.41, 5.74) is 2.53. The van der Waals surface area contributed by atoms with E-state index < -0.39 is 0 Å². The average Bonchev–Trinajstić information content (AvgIpc) is 2.63. The number of nitrogens with one attached hydrogen (secondary N) is 2. The van der Waals surface area contributed by atoms with Gasteiger partial charge in [-0.3, -0.25) is 0 Å². The Balaban J connectivity index is 1.63. The van der Waals surface area contributed by atoms with Crippen LogP contribution in [0.2, 0.25) is 0 Å². The Labute approximate surface area is 141 Å². The molecule has 24 heavy (non-hydrogen) atoms. The summed E-state index contributed by atoms with van der Waals surface area (Å²) in [5.74, 6) is 1.21. The van der Waals surface area contributed by atoms with E-state index in [-0.39, 0.29) is 0 Å². The normalized spacial score (nSPS) is 9.96. The maximum atomic E-state index is 9.13. The fourth-order valence-electron chi connectivity index (χ4n) is 2.31. The highest BCUT2D eigenvalue weighted by molar-refractivity contribution is 5.63. The Morgan fingerprint density at radius 3 is 2.58 bits per heavy atom. The van der Waals surface area contributed by atoms with Gasteiger partial charge in [-0.2, -0.15) is 10.2 Å². The van der Waals surface area contributed by atoms with E-state index in [0.717, 1.165) is 18.8 Å². The van der Waals surface area contributed by atoms with Gasteiger partial charge in [0.15, 0.2) is 0 Å². The van der Waals surface area contributed by atoms with Crippen LogP contribution in [0.15, 0.2) is 66.9 Å². The van der Waals surface area contributed by atoms with Crippen molar-refractivity contribution in [1.29, 1.82) is 5.26 Å². The summed E-state index contributed by atoms with van der Waals surface area (Å²) in [6.07, 6.45) is 2.61. The second-order valence-corrected chi connectivity index (χ2v) is 5.21. The van der Waals surface area contributed by atoms with Gasteiger partial charge in [-0.05, 0) is 30.2 Å². The Morgan fingerprint density at radius 1 is 0.958 bits per heavy atom. The molecule has 1 heterocycles. The van der Waals surface area contributed by atoms with E-state index in [9.17, 15) is 0 Å². The molecule has 0 aliphatic carbocycles. The van der Waals surface area contributed by atoms with Crippen molar-refractivity contribution in [1.82, 2.24) is 9.97 Å². The summed E-state index contributed by atoms with van der Waals surface area (Å²) >= 11 is 0. The predicted molar refractivity (Wildman–Crippen MR) is 95.1 cm³/mol. The molecule has 0 spiro atoms. The first-order chi connectivity index (χ1) is 11.8. The minimum absolute atomic E-state index is 0.461. The van der Waals surface area contributed by atoms with Crippen molar-refractivity contribution in [2.75, 3.05) is 17.2 Å². The molecular weight excluding hydrogens is 298 g/mol. The number of nitrogens with zero attached hydrogens (tertiary/aromatic N) is 3. The van der Waals surface area contributed by atoms with E-state index in [1.165, 1.54) is 5.56 Å². The Kier molecular flexibility index (Phi) is 5.00. The third-order valence-electron chi connectivity index (χ3n) is 3.51. The molecule has 0 aliphatic heterocycles. The van der Waals surface area contributed by atoms with Crippen LogP contribution in [-0.2, 0) is 6.42 Å². The van der Waals surface area contributed by atoms with Gasteiger partial charge in [0.2, 0.25) is 5.95 Å². The Morgan fingerprint density at radius 2 is 1.75 bits per heavy atom. The topological polar surface area (TPSA) is 73.6 Å². The first-order valence-electron chi connectivity index (χ1n) is 7.72. The highest BCUT2D eigenvalue weighted by Crippen LogP contribution is 2.18. The van der Waals surface area contributed by atoms with Gasteiger partial charge >= 0.3 is 0 Å². The fourth-order valence-corrected chi connectivity index (χ4v) is 2.31. The molecule has 3 aromatic rings. The van der Waals surface area contributed by atoms with E-state index in [0.29, 0.717) is 17.2 Å². The second kappa shape index (κ2) is 7.75. The van der Waals surface area contributed by atoms with E-state index in [1.54, 1.807) is 12.3 Å². The van der Waals surface area contributed by atoms with Crippen LogP contribution in [0, 0.1) is 11.3 Å². The van der Waals surface area contributed by atoms with Crippen molar-refractivity contribution in [2.24, 2.45) is 0 Å². The zero-order valence-corrected chi connectivity index (χ0v) is 13.1. The molecule has 0 radical (unpaired) electrons. The van der Waals surface area contributed by atoms with Crippen LogP contribution < -0.4 is 10.6 Å². The zero-order chi connectivity index (χ0) is 16.6. The number of hydrogen-bond donors (Lipinski definition) is 2. The minimum atomic E-state index is 0.461. The van der Waals surface area contributed by atoms with Crippen LogP contribution in [0.1, 0.15) is 11.1 Å². The average molecular weight is 315 g/mol. The summed E-state index contributed by atoms with van der Waals surface area (Å²) in [4.78, 5) is 8.64. The molecule has 0 unspecified atom stereocenters. The Hall–Kier alpha value is -3.39. The number of rotatable bonds is 6. The number of aromatic nitrogens is 2. The summed E-state index contributed by atoms with van der Waals surface area (Å²) in [6, 6.07) is 21.5. The molecular formula is C19H17N5. The van der Waals surface area contributed by atoms with E-state index in [4.69, 9.17) is 5.26 Å². The molecule has 0 bridgehead atoms. The first kappa shape index (κ1) is 15.5. The van der Waals surface area contributed by atoms with Crippen LogP contribution in [0.3, 0.4) is 0 Å². The minimum Gasteiger partial charge on any atom is -0.370 e. The molecule has 5 nitrogen and oxygen atoms in total. The molecule has 0 saturated carbocycles. The molecule has 0 amide bonds. The van der Waals surface area contributed by atoms with Gasteiger partial charge in [-0.1, -0.05) is 42.5 Å². The van der Waals surface area contributed by atoms with Crippen molar-refractivity contribution in [2.45, 2.75) is 6.42 Å². The van der Waals surface area contributed by atoms with Gasteiger partial charge in [-0.15, -0.1) is 0 Å². The summed E-state index contributed by atoms with van der Waals surface area (Å²) in [6.45, 7) is 0.787. The standard InChI is InChI=1S/C19H17N5/c20-14-16-8-4-5-9-17(16)23-19-22-13-11-18(24-19)21-12-10-15-6-2-1-3-7-15/h1-9,11,13H,10,12H2,(H2,21,22,23,24). The van der Waals surface area contributed by atoms with Crippen molar-refractivity contribution in [3.05, 3.63) is 78.0 Å². The van der Waals surface area contributed by atoms with Crippen LogP contribution in [0.25, 0.3) is 0 Å². The SMILES string of the molecule is N#Cc1ccccc1Nc1nccc(NCCc2ccccc2)n1. The van der Waals surface area contributed by atoms with E-state index in [2.05, 4.69) is 38.8 Å². The number of nitriles is 1. The maximum Gasteiger partial charge on any atom is 0.229 e. The lowest BCUT2D eigenvalue weighted by atomic mass is 10.1. The summed E-state index contributed by atoms with van der Waals surface area (Å²) < 4.78 is 0. The van der Waals surface area contributed by atoms with Gasteiger partial charge in [0.05, 0.1) is 11.3 Å². The molecule has 0 atom stereocenters. The first-order valence-corrected chi connectivity index (χ1v) is 7.72. The van der Waals surface area contributed by atoms with Crippen LogP contribution in [0.4, 0.5) is 17.5 Å². The lowest BCUT2D eigenvalue weighted by molar-refractivity contribution is 1.00. The molecule has 0 saturated heterocycles. The van der Waals surface area contributed by atoms with E-state index in [1.807, 2.05) is 42.5 Å². The summed E-state index contributed by atoms with van der Waals surface area (Å²) in [5, 5.41) is 15.5. The molecule has 3 rings (SSSR count). The molecule has 118 valence electrons. The smallest absolute Gasteiger partial charge is 0.229 e. The van der Waals surface area contributed by atoms with Gasteiger partial charge in [0.1, 0.15) is 11.9 Å². The number of hydrogen-bond acceptors (Lipinski definition) is 5. The highest BCUT2D eigenvalue weighted by atomic mass is 15.1. The van der Waals surface area contributed by atoms with Crippen molar-refractivity contribution >= 4 is 17.5 Å². The molecule has 1 aromatic heterocycles. The van der Waals surface area contributed by atoms with Crippen molar-refractivity contribution in [3.8, 4) is 6.07 Å². The molecule has 2 N–H and O–H groups in total. The predicted octanol–water partition coefficient (Wildman–Crippen LogP) is 3.75. The van der Waals surface area contributed by atoms with Gasteiger partial charge in [-0.25, -0.2) is 4.98 Å². The molecule has 5 heteroatoms. The third kappa shape index (κ3) is 4.08. The third-order valence-corrected chi connectivity index (χ3v) is 3.51. The van der Waals surface area contributed by atoms with Crippen molar-refractivity contribution < 1.29 is 0 Å². The number of benzene rings is 2. The monoisotopic (exact) mass is 315 g/mol. The molecule has 0 fully saturated rings. The quantitative estimate of drug-likeness (QED) is 0.725. The zero-order valence-electron chi connectivity index (χ0n) is 13.1. The number of para-hydroxylation sites is 1. The lowest BCUT2D eigenvalue weighted by Crippen LogP contribution is -2.08. The number of anilines is 3. The van der Waals surface area contributed by atoms with Crippen LogP contribution in [-0.4, -0.2) is 16.5 Å². The fraction of sp³-hybridized carbons (Fsp3) is 0.105. The van der Waals surface area contributed by atoms with Gasteiger partial charge in [0.25, 0.3) is 0 Å². The van der Waals surface area contributed by atoms with Crippen LogP contribution in [0.5, 0.6) is 0 Å². The van der Waals surface area contributed by atoms with Gasteiger partial charge < -0.3 is 10.6 Å². The highest BCUT2D eigenvalue weighted by Gasteiger charge is 2.04.